The van der Waals surface area contributed by atoms with Gasteiger partial charge in [-0.05, 0) is 37.3 Å². The van der Waals surface area contributed by atoms with Crippen LogP contribution in [0.2, 0.25) is 0 Å². The fraction of sp³-hybridized carbons (Fsp3) is 0.0625. The number of aryl methyl sites for hydroxylation is 1. The van der Waals surface area contributed by atoms with E-state index in [0.29, 0.717) is 11.5 Å². The molecule has 0 saturated carbocycles. The van der Waals surface area contributed by atoms with Crippen molar-refractivity contribution >= 4 is 15.9 Å². The van der Waals surface area contributed by atoms with Crippen molar-refractivity contribution in [3.63, 3.8) is 0 Å². The van der Waals surface area contributed by atoms with Crippen LogP contribution in [0.25, 0.3) is 22.6 Å². The van der Waals surface area contributed by atoms with E-state index in [1.165, 1.54) is 6.07 Å². The SMILES string of the molecule is Cc1cc(-c2ccc(-c3ccc(Br)cc3)o2)cc(=O)o1. The van der Waals surface area contributed by atoms with Crippen LogP contribution in [0.15, 0.2) is 66.6 Å². The molecule has 0 N–H and O–H groups in total. The van der Waals surface area contributed by atoms with Gasteiger partial charge in [-0.25, -0.2) is 4.79 Å². The average molecular weight is 331 g/mol. The molecule has 0 bridgehead atoms. The summed E-state index contributed by atoms with van der Waals surface area (Å²) in [5, 5.41) is 0. The second-order valence-electron chi connectivity index (χ2n) is 4.45. The van der Waals surface area contributed by atoms with Gasteiger partial charge in [0.15, 0.2) is 0 Å². The Morgan fingerprint density at radius 3 is 2.15 bits per heavy atom. The summed E-state index contributed by atoms with van der Waals surface area (Å²) in [6, 6.07) is 14.8. The Kier molecular flexibility index (Phi) is 3.32. The largest absolute Gasteiger partial charge is 0.456 e. The van der Waals surface area contributed by atoms with E-state index in [1.807, 2.05) is 36.4 Å². The van der Waals surface area contributed by atoms with Crippen LogP contribution in [0.5, 0.6) is 0 Å². The van der Waals surface area contributed by atoms with E-state index in [9.17, 15) is 4.79 Å². The van der Waals surface area contributed by atoms with Crippen molar-refractivity contribution < 1.29 is 8.83 Å². The van der Waals surface area contributed by atoms with Gasteiger partial charge in [0, 0.05) is 21.7 Å². The molecular weight excluding hydrogens is 320 g/mol. The van der Waals surface area contributed by atoms with Gasteiger partial charge in [-0.1, -0.05) is 28.1 Å². The molecule has 0 aliphatic carbocycles. The minimum atomic E-state index is -0.374. The molecule has 0 aliphatic rings. The van der Waals surface area contributed by atoms with Crippen LogP contribution in [0.4, 0.5) is 0 Å². The first kappa shape index (κ1) is 12.9. The Hall–Kier alpha value is -2.07. The first-order chi connectivity index (χ1) is 9.61. The van der Waals surface area contributed by atoms with Gasteiger partial charge in [0.2, 0.25) is 0 Å². The average Bonchev–Trinajstić information content (AvgIpc) is 2.88. The Morgan fingerprint density at radius 2 is 1.50 bits per heavy atom. The Balaban J connectivity index is 2.01. The molecule has 3 aromatic rings. The lowest BCUT2D eigenvalue weighted by Crippen LogP contribution is -1.97. The van der Waals surface area contributed by atoms with Gasteiger partial charge in [-0.2, -0.15) is 0 Å². The van der Waals surface area contributed by atoms with Crippen LogP contribution in [-0.4, -0.2) is 0 Å². The highest BCUT2D eigenvalue weighted by Gasteiger charge is 2.08. The quantitative estimate of drug-likeness (QED) is 0.687. The standard InChI is InChI=1S/C16H11BrO3/c1-10-8-12(9-16(18)19-10)15-7-6-14(20-15)11-2-4-13(17)5-3-11/h2-9H,1H3. The number of benzene rings is 1. The topological polar surface area (TPSA) is 43.4 Å². The summed E-state index contributed by atoms with van der Waals surface area (Å²) in [5.74, 6) is 1.98. The molecule has 0 aliphatic heterocycles. The maximum absolute atomic E-state index is 11.4. The number of halogens is 1. The highest BCUT2D eigenvalue weighted by atomic mass is 79.9. The van der Waals surface area contributed by atoms with Gasteiger partial charge >= 0.3 is 5.63 Å². The molecule has 1 aromatic carbocycles. The predicted octanol–water partition coefficient (Wildman–Crippen LogP) is 4.64. The van der Waals surface area contributed by atoms with Crippen LogP contribution in [-0.2, 0) is 0 Å². The molecule has 2 heterocycles. The van der Waals surface area contributed by atoms with Gasteiger partial charge in [0.05, 0.1) is 0 Å². The third-order valence-corrected chi connectivity index (χ3v) is 3.44. The summed E-state index contributed by atoms with van der Waals surface area (Å²) in [6.45, 7) is 1.74. The highest BCUT2D eigenvalue weighted by Crippen LogP contribution is 2.29. The molecule has 0 saturated heterocycles. The van der Waals surface area contributed by atoms with Crippen LogP contribution < -0.4 is 5.63 Å². The molecule has 3 nitrogen and oxygen atoms in total. The number of hydrogen-bond acceptors (Lipinski definition) is 3. The van der Waals surface area contributed by atoms with E-state index in [0.717, 1.165) is 21.4 Å². The maximum atomic E-state index is 11.4. The monoisotopic (exact) mass is 330 g/mol. The minimum absolute atomic E-state index is 0.374. The molecular formula is C16H11BrO3. The molecule has 100 valence electrons. The summed E-state index contributed by atoms with van der Waals surface area (Å²) >= 11 is 3.40. The fourth-order valence-electron chi connectivity index (χ4n) is 2.01. The van der Waals surface area contributed by atoms with Crippen molar-refractivity contribution in [2.75, 3.05) is 0 Å². The number of hydrogen-bond donors (Lipinski definition) is 0. The van der Waals surface area contributed by atoms with E-state index in [2.05, 4.69) is 15.9 Å². The van der Waals surface area contributed by atoms with Crippen LogP contribution in [0.3, 0.4) is 0 Å². The van der Waals surface area contributed by atoms with Gasteiger partial charge in [-0.3, -0.25) is 0 Å². The Labute approximate surface area is 124 Å². The molecule has 2 aromatic heterocycles. The minimum Gasteiger partial charge on any atom is -0.456 e. The molecule has 3 rings (SSSR count). The molecule has 0 fully saturated rings. The lowest BCUT2D eigenvalue weighted by Gasteiger charge is -1.99. The second kappa shape index (κ2) is 5.13. The summed E-state index contributed by atoms with van der Waals surface area (Å²) in [5.41, 5.74) is 1.34. The maximum Gasteiger partial charge on any atom is 0.336 e. The second-order valence-corrected chi connectivity index (χ2v) is 5.36. The lowest BCUT2D eigenvalue weighted by molar-refractivity contribution is 0.479. The van der Waals surface area contributed by atoms with Crippen LogP contribution in [0, 0.1) is 6.92 Å². The summed E-state index contributed by atoms with van der Waals surface area (Å²) < 4.78 is 11.8. The van der Waals surface area contributed by atoms with Crippen molar-refractivity contribution in [3.05, 3.63) is 69.2 Å². The zero-order valence-corrected chi connectivity index (χ0v) is 12.3. The van der Waals surface area contributed by atoms with Gasteiger partial charge in [-0.15, -0.1) is 0 Å². The molecule has 0 spiro atoms. The number of rotatable bonds is 2. The Bertz CT molecular complexity index is 797. The normalized spacial score (nSPS) is 10.7. The van der Waals surface area contributed by atoms with Crippen molar-refractivity contribution in [2.24, 2.45) is 0 Å². The van der Waals surface area contributed by atoms with E-state index in [4.69, 9.17) is 8.83 Å². The van der Waals surface area contributed by atoms with Crippen molar-refractivity contribution in [2.45, 2.75) is 6.92 Å². The molecule has 0 atom stereocenters. The summed E-state index contributed by atoms with van der Waals surface area (Å²) in [7, 11) is 0. The zero-order valence-electron chi connectivity index (χ0n) is 10.7. The third-order valence-electron chi connectivity index (χ3n) is 2.91. The molecule has 20 heavy (non-hydrogen) atoms. The summed E-state index contributed by atoms with van der Waals surface area (Å²) in [6.07, 6.45) is 0. The fourth-order valence-corrected chi connectivity index (χ4v) is 2.27. The van der Waals surface area contributed by atoms with E-state index < -0.39 is 0 Å². The summed E-state index contributed by atoms with van der Waals surface area (Å²) in [4.78, 5) is 11.4. The lowest BCUT2D eigenvalue weighted by atomic mass is 10.2. The zero-order chi connectivity index (χ0) is 14.1. The van der Waals surface area contributed by atoms with Crippen molar-refractivity contribution in [1.29, 1.82) is 0 Å². The Morgan fingerprint density at radius 1 is 0.850 bits per heavy atom. The van der Waals surface area contributed by atoms with Crippen LogP contribution >= 0.6 is 15.9 Å². The van der Waals surface area contributed by atoms with Gasteiger partial charge < -0.3 is 8.83 Å². The first-order valence-corrected chi connectivity index (χ1v) is 6.89. The molecule has 4 heteroatoms. The predicted molar refractivity (Wildman–Crippen MR) is 80.6 cm³/mol. The third kappa shape index (κ3) is 2.60. The van der Waals surface area contributed by atoms with Gasteiger partial charge in [0.1, 0.15) is 17.3 Å². The van der Waals surface area contributed by atoms with Gasteiger partial charge in [0.25, 0.3) is 0 Å². The molecule has 0 amide bonds. The first-order valence-electron chi connectivity index (χ1n) is 6.10. The van der Waals surface area contributed by atoms with E-state index in [-0.39, 0.29) is 5.63 Å². The highest BCUT2D eigenvalue weighted by molar-refractivity contribution is 9.10. The van der Waals surface area contributed by atoms with Crippen molar-refractivity contribution in [3.8, 4) is 22.6 Å². The molecule has 0 radical (unpaired) electrons. The van der Waals surface area contributed by atoms with Crippen LogP contribution in [0.1, 0.15) is 5.76 Å². The van der Waals surface area contributed by atoms with E-state index >= 15 is 0 Å². The smallest absolute Gasteiger partial charge is 0.336 e. The van der Waals surface area contributed by atoms with Crippen molar-refractivity contribution in [1.82, 2.24) is 0 Å². The van der Waals surface area contributed by atoms with E-state index in [1.54, 1.807) is 13.0 Å². The molecule has 0 unspecified atom stereocenters. The number of furan rings is 1.